The number of hydrogen-bond acceptors (Lipinski definition) is 6. The van der Waals surface area contributed by atoms with Crippen molar-refractivity contribution in [3.63, 3.8) is 0 Å². The van der Waals surface area contributed by atoms with Crippen LogP contribution in [-0.4, -0.2) is 47.6 Å². The third-order valence-electron chi connectivity index (χ3n) is 5.91. The van der Waals surface area contributed by atoms with Gasteiger partial charge in [0.05, 0.1) is 11.6 Å². The van der Waals surface area contributed by atoms with Crippen LogP contribution in [0.4, 0.5) is 15.3 Å². The molecule has 1 aromatic heterocycles. The lowest BCUT2D eigenvalue weighted by Gasteiger charge is -2.30. The number of imide groups is 1. The Bertz CT molecular complexity index is 1200. The molecule has 8 nitrogen and oxygen atoms in total. The minimum absolute atomic E-state index is 0.160. The number of nitrogens with zero attached hydrogens (tertiary/aromatic N) is 2. The Morgan fingerprint density at radius 3 is 2.51 bits per heavy atom. The van der Waals surface area contributed by atoms with E-state index in [1.165, 1.54) is 16.9 Å². The number of anilines is 1. The second-order valence-corrected chi connectivity index (χ2v) is 9.24. The Morgan fingerprint density at radius 2 is 1.80 bits per heavy atom. The van der Waals surface area contributed by atoms with Gasteiger partial charge in [-0.3, -0.25) is 4.79 Å². The molecular weight excluding hydrogens is 464 g/mol. The number of hydrogen-bond donors (Lipinski definition) is 2. The molecule has 4 amide bonds. The maximum atomic E-state index is 13.0. The van der Waals surface area contributed by atoms with Gasteiger partial charge in [0.15, 0.2) is 0 Å². The summed E-state index contributed by atoms with van der Waals surface area (Å²) in [7, 11) is 0. The van der Waals surface area contributed by atoms with Crippen LogP contribution in [0.5, 0.6) is 0 Å². The number of para-hydroxylation sites is 1. The molecule has 0 bridgehead atoms. The number of carbonyl (C=O) groups excluding carboxylic acids is 3. The predicted molar refractivity (Wildman–Crippen MR) is 136 cm³/mol. The average molecular weight is 493 g/mol. The van der Waals surface area contributed by atoms with E-state index in [4.69, 9.17) is 4.74 Å². The summed E-state index contributed by atoms with van der Waals surface area (Å²) < 4.78 is 4.75. The number of urea groups is 1. The molecule has 4 rings (SSSR count). The van der Waals surface area contributed by atoms with Crippen molar-refractivity contribution in [2.24, 2.45) is 0 Å². The molecule has 182 valence electrons. The van der Waals surface area contributed by atoms with E-state index in [0.29, 0.717) is 31.6 Å². The number of thiazole rings is 1. The fraction of sp³-hybridized carbons (Fsp3) is 0.308. The average Bonchev–Trinajstić information content (AvgIpc) is 3.36. The highest BCUT2D eigenvalue weighted by atomic mass is 32.1. The maximum absolute atomic E-state index is 13.0. The number of piperidine rings is 1. The highest BCUT2D eigenvalue weighted by molar-refractivity contribution is 7.10. The summed E-state index contributed by atoms with van der Waals surface area (Å²) in [6.45, 7) is 4.93. The van der Waals surface area contributed by atoms with Gasteiger partial charge in [0, 0.05) is 35.6 Å². The van der Waals surface area contributed by atoms with Crippen molar-refractivity contribution >= 4 is 35.1 Å². The topological polar surface area (TPSA) is 101 Å². The van der Waals surface area contributed by atoms with Gasteiger partial charge in [-0.25, -0.2) is 19.9 Å². The van der Waals surface area contributed by atoms with Gasteiger partial charge in [0.1, 0.15) is 5.69 Å². The van der Waals surface area contributed by atoms with Crippen molar-refractivity contribution in [2.75, 3.05) is 25.0 Å². The molecule has 1 fully saturated rings. The molecule has 1 aliphatic heterocycles. The number of likely N-dealkylation sites (tertiary alicyclic amines) is 1. The first kappa shape index (κ1) is 24.4. The van der Waals surface area contributed by atoms with Crippen molar-refractivity contribution < 1.29 is 19.1 Å². The van der Waals surface area contributed by atoms with E-state index >= 15 is 0 Å². The molecule has 1 saturated heterocycles. The largest absolute Gasteiger partial charge is 0.450 e. The van der Waals surface area contributed by atoms with Gasteiger partial charge in [-0.1, -0.05) is 48.0 Å². The number of carbonyl (C=O) groups is 3. The van der Waals surface area contributed by atoms with Crippen molar-refractivity contribution in [3.8, 4) is 11.1 Å². The van der Waals surface area contributed by atoms with Crippen molar-refractivity contribution in [1.82, 2.24) is 15.2 Å². The smallest absolute Gasteiger partial charge is 0.415 e. The Balaban J connectivity index is 1.37. The summed E-state index contributed by atoms with van der Waals surface area (Å²) in [5.74, 6) is -0.0913. The van der Waals surface area contributed by atoms with Crippen LogP contribution in [0.25, 0.3) is 11.1 Å². The molecule has 0 aliphatic carbocycles. The molecule has 0 spiro atoms. The molecule has 2 aromatic carbocycles. The van der Waals surface area contributed by atoms with Crippen molar-refractivity contribution in [1.29, 1.82) is 0 Å². The van der Waals surface area contributed by atoms with E-state index in [-0.39, 0.29) is 18.4 Å². The second-order valence-electron chi connectivity index (χ2n) is 8.35. The van der Waals surface area contributed by atoms with Crippen LogP contribution >= 0.6 is 11.3 Å². The Kier molecular flexibility index (Phi) is 7.77. The fourth-order valence-corrected chi connectivity index (χ4v) is 4.98. The normalized spacial score (nSPS) is 13.8. The van der Waals surface area contributed by atoms with Crippen molar-refractivity contribution in [2.45, 2.75) is 32.6 Å². The van der Waals surface area contributed by atoms with Gasteiger partial charge in [0.25, 0.3) is 5.91 Å². The lowest BCUT2D eigenvalue weighted by Crippen LogP contribution is -2.46. The standard InChI is InChI=1S/C26H28N4O4S/c1-3-34-26(33)29-25(32)30-14-12-19(13-15-30)24-28-22(16-35-24)23(31)27-21-7-5-4-6-20(21)18-10-8-17(2)9-11-18/h4-11,16,19H,3,12-15H2,1-2H3,(H,27,31)(H,29,32,33). The third kappa shape index (κ3) is 6.05. The van der Waals surface area contributed by atoms with E-state index < -0.39 is 12.1 Å². The molecule has 9 heteroatoms. The molecule has 1 aliphatic rings. The van der Waals surface area contributed by atoms with Crippen LogP contribution in [0.3, 0.4) is 0 Å². The molecule has 0 unspecified atom stereocenters. The lowest BCUT2D eigenvalue weighted by atomic mass is 9.98. The first-order chi connectivity index (χ1) is 16.9. The SMILES string of the molecule is CCOC(=O)NC(=O)N1CCC(c2nc(C(=O)Nc3ccccc3-c3ccc(C)cc3)cs2)CC1. The summed E-state index contributed by atoms with van der Waals surface area (Å²) in [6.07, 6.45) is 0.682. The Labute approximate surface area is 208 Å². The minimum atomic E-state index is -0.737. The molecule has 0 atom stereocenters. The zero-order valence-electron chi connectivity index (χ0n) is 19.7. The van der Waals surface area contributed by atoms with E-state index in [2.05, 4.69) is 15.6 Å². The number of alkyl carbamates (subject to hydrolysis) is 1. The fourth-order valence-electron chi connectivity index (χ4n) is 4.01. The maximum Gasteiger partial charge on any atom is 0.415 e. The number of aromatic nitrogens is 1. The molecule has 35 heavy (non-hydrogen) atoms. The molecule has 2 N–H and O–H groups in total. The van der Waals surface area contributed by atoms with Gasteiger partial charge < -0.3 is 15.0 Å². The van der Waals surface area contributed by atoms with Gasteiger partial charge in [0.2, 0.25) is 0 Å². The van der Waals surface area contributed by atoms with E-state index in [9.17, 15) is 14.4 Å². The summed E-state index contributed by atoms with van der Waals surface area (Å²) in [4.78, 5) is 42.8. The summed E-state index contributed by atoms with van der Waals surface area (Å²) in [6, 6.07) is 15.4. The lowest BCUT2D eigenvalue weighted by molar-refractivity contribution is 0.102. The number of ether oxygens (including phenoxy) is 1. The van der Waals surface area contributed by atoms with Crippen LogP contribution < -0.4 is 10.6 Å². The van der Waals surface area contributed by atoms with Crippen LogP contribution in [0.1, 0.15) is 46.7 Å². The van der Waals surface area contributed by atoms with Crippen LogP contribution in [0, 0.1) is 6.92 Å². The van der Waals surface area contributed by atoms with E-state index in [1.54, 1.807) is 17.2 Å². The molecular formula is C26H28N4O4S. The van der Waals surface area contributed by atoms with Crippen LogP contribution in [0.15, 0.2) is 53.9 Å². The van der Waals surface area contributed by atoms with Crippen molar-refractivity contribution in [3.05, 3.63) is 70.2 Å². The third-order valence-corrected chi connectivity index (χ3v) is 6.92. The Hall–Kier alpha value is -3.72. The minimum Gasteiger partial charge on any atom is -0.450 e. The number of amides is 4. The summed E-state index contributed by atoms with van der Waals surface area (Å²) in [5, 5.41) is 7.89. The van der Waals surface area contributed by atoms with Crippen LogP contribution in [-0.2, 0) is 4.74 Å². The summed E-state index contributed by atoms with van der Waals surface area (Å²) in [5.41, 5.74) is 4.27. The zero-order chi connectivity index (χ0) is 24.8. The van der Waals surface area contributed by atoms with Gasteiger partial charge in [-0.2, -0.15) is 0 Å². The second kappa shape index (κ2) is 11.1. The van der Waals surface area contributed by atoms with Gasteiger partial charge in [-0.05, 0) is 38.3 Å². The van der Waals surface area contributed by atoms with Gasteiger partial charge in [-0.15, -0.1) is 11.3 Å². The summed E-state index contributed by atoms with van der Waals surface area (Å²) >= 11 is 1.46. The first-order valence-electron chi connectivity index (χ1n) is 11.6. The number of nitrogens with one attached hydrogen (secondary N) is 2. The molecule has 3 aromatic rings. The van der Waals surface area contributed by atoms with Crippen LogP contribution in [0.2, 0.25) is 0 Å². The van der Waals surface area contributed by atoms with E-state index in [0.717, 1.165) is 21.8 Å². The monoisotopic (exact) mass is 492 g/mol. The van der Waals surface area contributed by atoms with E-state index in [1.807, 2.05) is 55.5 Å². The quantitative estimate of drug-likeness (QED) is 0.496. The number of aryl methyl sites for hydroxylation is 1. The predicted octanol–water partition coefficient (Wildman–Crippen LogP) is 5.42. The molecule has 2 heterocycles. The molecule has 0 saturated carbocycles. The zero-order valence-corrected chi connectivity index (χ0v) is 20.6. The molecule has 0 radical (unpaired) electrons. The highest BCUT2D eigenvalue weighted by Crippen LogP contribution is 2.32. The number of benzene rings is 2. The highest BCUT2D eigenvalue weighted by Gasteiger charge is 2.27. The number of rotatable bonds is 5. The Morgan fingerprint density at radius 1 is 1.09 bits per heavy atom. The van der Waals surface area contributed by atoms with Gasteiger partial charge >= 0.3 is 12.1 Å². The first-order valence-corrected chi connectivity index (χ1v) is 12.5.